The molecule has 10 heteroatoms. The number of urea groups is 1. The maximum atomic E-state index is 12.6. The molecule has 29 heavy (non-hydrogen) atoms. The Labute approximate surface area is 169 Å². The number of benzene rings is 1. The number of amides is 3. The second-order valence-electron chi connectivity index (χ2n) is 7.18. The van der Waals surface area contributed by atoms with Crippen molar-refractivity contribution in [3.05, 3.63) is 40.4 Å². The third-order valence-electron chi connectivity index (χ3n) is 5.19. The Morgan fingerprint density at radius 2 is 1.86 bits per heavy atom. The molecule has 3 amide bonds. The lowest BCUT2D eigenvalue weighted by Gasteiger charge is -2.26. The van der Waals surface area contributed by atoms with Crippen LogP contribution in [0.4, 0.5) is 28.8 Å². The number of nitrogens with one attached hydrogen (secondary N) is 2. The lowest BCUT2D eigenvalue weighted by atomic mass is 9.85. The van der Waals surface area contributed by atoms with Gasteiger partial charge < -0.3 is 15.5 Å². The van der Waals surface area contributed by atoms with E-state index in [2.05, 4.69) is 15.6 Å². The molecule has 1 aromatic carbocycles. The molecule has 1 aliphatic carbocycles. The molecule has 0 bridgehead atoms. The zero-order valence-electron chi connectivity index (χ0n) is 15.4. The maximum Gasteiger partial charge on any atom is 0.416 e. The lowest BCUT2D eigenvalue weighted by Crippen LogP contribution is -2.38. The van der Waals surface area contributed by atoms with E-state index in [9.17, 15) is 22.8 Å². The lowest BCUT2D eigenvalue weighted by molar-refractivity contribution is -0.137. The van der Waals surface area contributed by atoms with E-state index in [4.69, 9.17) is 0 Å². The molecule has 154 valence electrons. The number of carbonyl (C=O) groups is 2. The van der Waals surface area contributed by atoms with Crippen LogP contribution in [-0.2, 0) is 23.9 Å². The second-order valence-corrected chi connectivity index (χ2v) is 8.27. The quantitative estimate of drug-likeness (QED) is 0.762. The molecule has 4 rings (SSSR count). The number of alkyl halides is 3. The molecule has 1 saturated carbocycles. The summed E-state index contributed by atoms with van der Waals surface area (Å²) in [7, 11) is 0. The first-order valence-corrected chi connectivity index (χ1v) is 10.1. The van der Waals surface area contributed by atoms with E-state index in [1.54, 1.807) is 4.90 Å². The van der Waals surface area contributed by atoms with Gasteiger partial charge in [0.05, 0.1) is 17.8 Å². The molecule has 2 aromatic rings. The van der Waals surface area contributed by atoms with Gasteiger partial charge >= 0.3 is 12.2 Å². The number of halogens is 3. The first kappa shape index (κ1) is 19.7. The molecule has 1 aromatic heterocycles. The average molecular weight is 424 g/mol. The molecule has 0 radical (unpaired) electrons. The third kappa shape index (κ3) is 4.36. The van der Waals surface area contributed by atoms with Crippen molar-refractivity contribution >= 4 is 34.1 Å². The molecule has 0 unspecified atom stereocenters. The highest BCUT2D eigenvalue weighted by Crippen LogP contribution is 2.32. The number of aromatic nitrogens is 1. The molecular weight excluding hydrogens is 405 g/mol. The van der Waals surface area contributed by atoms with E-state index >= 15 is 0 Å². The summed E-state index contributed by atoms with van der Waals surface area (Å²) in [6.45, 7) is 0.790. The summed E-state index contributed by atoms with van der Waals surface area (Å²) in [5.41, 5.74) is 0.406. The second kappa shape index (κ2) is 7.66. The first-order chi connectivity index (χ1) is 13.8. The van der Waals surface area contributed by atoms with Crippen LogP contribution < -0.4 is 10.6 Å². The number of rotatable bonds is 3. The van der Waals surface area contributed by atoms with Crippen LogP contribution in [0.15, 0.2) is 24.3 Å². The van der Waals surface area contributed by atoms with Crippen molar-refractivity contribution < 1.29 is 22.8 Å². The number of hydrogen-bond donors (Lipinski definition) is 2. The van der Waals surface area contributed by atoms with E-state index in [0.29, 0.717) is 30.3 Å². The Balaban J connectivity index is 1.36. The molecule has 0 spiro atoms. The van der Waals surface area contributed by atoms with Gasteiger partial charge in [0.2, 0.25) is 5.91 Å². The Morgan fingerprint density at radius 1 is 1.14 bits per heavy atom. The fourth-order valence-electron chi connectivity index (χ4n) is 3.25. The maximum absolute atomic E-state index is 12.6. The van der Waals surface area contributed by atoms with Crippen molar-refractivity contribution in [3.63, 3.8) is 0 Å². The normalized spacial score (nSPS) is 16.7. The number of nitrogens with zero attached hydrogens (tertiary/aromatic N) is 2. The third-order valence-corrected chi connectivity index (χ3v) is 6.19. The van der Waals surface area contributed by atoms with Crippen molar-refractivity contribution in [1.82, 2.24) is 9.88 Å². The predicted molar refractivity (Wildman–Crippen MR) is 103 cm³/mol. The monoisotopic (exact) mass is 424 g/mol. The van der Waals surface area contributed by atoms with Gasteiger partial charge in [-0.1, -0.05) is 17.8 Å². The van der Waals surface area contributed by atoms with Gasteiger partial charge in [-0.3, -0.25) is 4.79 Å². The molecule has 2 aliphatic rings. The highest BCUT2D eigenvalue weighted by Gasteiger charge is 2.30. The minimum atomic E-state index is -4.41. The van der Waals surface area contributed by atoms with Gasteiger partial charge in [0.25, 0.3) is 0 Å². The minimum Gasteiger partial charge on any atom is -0.319 e. The van der Waals surface area contributed by atoms with E-state index in [0.717, 1.165) is 42.0 Å². The average Bonchev–Trinajstić information content (AvgIpc) is 3.01. The number of thiazole rings is 1. The van der Waals surface area contributed by atoms with Crippen molar-refractivity contribution in [2.24, 2.45) is 5.92 Å². The fourth-order valence-corrected chi connectivity index (χ4v) is 4.27. The molecule has 1 aliphatic heterocycles. The molecule has 0 saturated heterocycles. The summed E-state index contributed by atoms with van der Waals surface area (Å²) in [5, 5.41) is 6.04. The zero-order valence-corrected chi connectivity index (χ0v) is 16.2. The standard InChI is InChI=1S/C19H19F3N4O2S/c20-19(21,22)12-4-6-13(7-5-12)23-18(28)26-9-8-14-15(10-26)29-17(24-14)25-16(27)11-2-1-3-11/h4-7,11H,1-3,8-10H2,(H,23,28)(H,24,25,27). The largest absolute Gasteiger partial charge is 0.416 e. The number of hydrogen-bond acceptors (Lipinski definition) is 4. The van der Waals surface area contributed by atoms with Gasteiger partial charge in [0.15, 0.2) is 5.13 Å². The topological polar surface area (TPSA) is 74.3 Å². The Bertz CT molecular complexity index is 923. The van der Waals surface area contributed by atoms with Gasteiger partial charge in [-0.25, -0.2) is 9.78 Å². The van der Waals surface area contributed by atoms with E-state index in [-0.39, 0.29) is 17.9 Å². The number of fused-ring (bicyclic) bond motifs is 1. The van der Waals surface area contributed by atoms with Crippen molar-refractivity contribution in [1.29, 1.82) is 0 Å². The Kier molecular flexibility index (Phi) is 5.20. The zero-order chi connectivity index (χ0) is 20.6. The van der Waals surface area contributed by atoms with Crippen LogP contribution >= 0.6 is 11.3 Å². The summed E-state index contributed by atoms with van der Waals surface area (Å²) in [6.07, 6.45) is -0.950. The molecule has 2 N–H and O–H groups in total. The summed E-state index contributed by atoms with van der Waals surface area (Å²) >= 11 is 1.36. The summed E-state index contributed by atoms with van der Waals surface area (Å²) in [5.74, 6) is 0.0705. The number of anilines is 2. The van der Waals surface area contributed by atoms with Crippen LogP contribution in [0.2, 0.25) is 0 Å². The van der Waals surface area contributed by atoms with E-state index < -0.39 is 11.7 Å². The van der Waals surface area contributed by atoms with E-state index in [1.807, 2.05) is 0 Å². The van der Waals surface area contributed by atoms with Crippen LogP contribution in [0, 0.1) is 5.92 Å². The molecule has 2 heterocycles. The SMILES string of the molecule is O=C(Nc1nc2c(s1)CN(C(=O)Nc1ccc(C(F)(F)F)cc1)CC2)C1CCC1. The fraction of sp³-hybridized carbons (Fsp3) is 0.421. The summed E-state index contributed by atoms with van der Waals surface area (Å²) < 4.78 is 37.9. The molecule has 0 atom stereocenters. The van der Waals surface area contributed by atoms with Crippen LogP contribution in [0.3, 0.4) is 0 Å². The van der Waals surface area contributed by atoms with Gasteiger partial charge in [0, 0.05) is 29.4 Å². The van der Waals surface area contributed by atoms with Gasteiger partial charge in [-0.2, -0.15) is 13.2 Å². The highest BCUT2D eigenvalue weighted by molar-refractivity contribution is 7.15. The summed E-state index contributed by atoms with van der Waals surface area (Å²) in [4.78, 5) is 31.5. The van der Waals surface area contributed by atoms with Crippen LogP contribution in [0.1, 0.15) is 35.4 Å². The highest BCUT2D eigenvalue weighted by atomic mass is 32.1. The van der Waals surface area contributed by atoms with Crippen molar-refractivity contribution in [2.75, 3.05) is 17.2 Å². The smallest absolute Gasteiger partial charge is 0.319 e. The molecule has 1 fully saturated rings. The Morgan fingerprint density at radius 3 is 2.48 bits per heavy atom. The minimum absolute atomic E-state index is 0.000695. The predicted octanol–water partition coefficient (Wildman–Crippen LogP) is 4.49. The van der Waals surface area contributed by atoms with Gasteiger partial charge in [-0.15, -0.1) is 0 Å². The van der Waals surface area contributed by atoms with E-state index in [1.165, 1.54) is 23.5 Å². The summed E-state index contributed by atoms with van der Waals surface area (Å²) in [6, 6.07) is 3.95. The van der Waals surface area contributed by atoms with Gasteiger partial charge in [0.1, 0.15) is 0 Å². The van der Waals surface area contributed by atoms with Gasteiger partial charge in [-0.05, 0) is 37.1 Å². The van der Waals surface area contributed by atoms with Crippen molar-refractivity contribution in [2.45, 2.75) is 38.4 Å². The molecular formula is C19H19F3N4O2S. The van der Waals surface area contributed by atoms with Crippen molar-refractivity contribution in [3.8, 4) is 0 Å². The van der Waals surface area contributed by atoms with Crippen LogP contribution in [-0.4, -0.2) is 28.4 Å². The van der Waals surface area contributed by atoms with Crippen LogP contribution in [0.5, 0.6) is 0 Å². The molecule has 6 nitrogen and oxygen atoms in total. The van der Waals surface area contributed by atoms with Crippen LogP contribution in [0.25, 0.3) is 0 Å². The number of carbonyl (C=O) groups excluding carboxylic acids is 2. The Hall–Kier alpha value is -2.62. The first-order valence-electron chi connectivity index (χ1n) is 9.32.